The molecule has 1 aliphatic carbocycles. The number of aromatic nitrogens is 6. The van der Waals surface area contributed by atoms with E-state index in [1.165, 1.54) is 0 Å². The maximum atomic E-state index is 6.73. The summed E-state index contributed by atoms with van der Waals surface area (Å²) < 4.78 is 14.0. The van der Waals surface area contributed by atoms with Gasteiger partial charge in [0, 0.05) is 17.8 Å². The highest BCUT2D eigenvalue weighted by molar-refractivity contribution is 6.36. The smallest absolute Gasteiger partial charge is 0.148 e. The number of nitrogens with zero attached hydrogens (tertiary/aromatic N) is 5. The molecule has 8 nitrogen and oxygen atoms in total. The van der Waals surface area contributed by atoms with Gasteiger partial charge in [0.05, 0.1) is 53.4 Å². The normalized spacial score (nSPS) is 21.3. The van der Waals surface area contributed by atoms with E-state index in [9.17, 15) is 0 Å². The highest BCUT2D eigenvalue weighted by atomic mass is 35.5. The molecule has 2 saturated heterocycles. The Morgan fingerprint density at radius 1 is 1.18 bits per heavy atom. The van der Waals surface area contributed by atoms with Crippen molar-refractivity contribution in [1.29, 1.82) is 0 Å². The Hall–Kier alpha value is -3.49. The number of hydrogen-bond acceptors (Lipinski definition) is 6. The number of H-pyrrole nitrogens is 1. The molecule has 1 saturated carbocycles. The Kier molecular flexibility index (Phi) is 4.25. The molecule has 2 aromatic carbocycles. The van der Waals surface area contributed by atoms with Crippen LogP contribution < -0.4 is 4.74 Å². The Morgan fingerprint density at radius 2 is 2.06 bits per heavy atom. The van der Waals surface area contributed by atoms with Crippen LogP contribution in [0, 0.1) is 12.8 Å². The molecule has 0 atom stereocenters. The zero-order valence-corrected chi connectivity index (χ0v) is 19.2. The maximum Gasteiger partial charge on any atom is 0.148 e. The van der Waals surface area contributed by atoms with Gasteiger partial charge in [-0.15, -0.1) is 0 Å². The fraction of sp³-hybridized carbons (Fsp3) is 0.280. The van der Waals surface area contributed by atoms with Gasteiger partial charge in [-0.2, -0.15) is 5.10 Å². The second kappa shape index (κ2) is 7.25. The molecule has 170 valence electrons. The zero-order chi connectivity index (χ0) is 22.9. The van der Waals surface area contributed by atoms with E-state index in [4.69, 9.17) is 26.1 Å². The average Bonchev–Trinajstić information content (AvgIpc) is 3.59. The van der Waals surface area contributed by atoms with E-state index in [2.05, 4.69) is 20.1 Å². The van der Waals surface area contributed by atoms with Crippen LogP contribution in [0.2, 0.25) is 5.02 Å². The molecule has 5 aromatic rings. The Morgan fingerprint density at radius 3 is 2.91 bits per heavy atom. The van der Waals surface area contributed by atoms with Gasteiger partial charge in [-0.25, -0.2) is 9.97 Å². The first-order valence-corrected chi connectivity index (χ1v) is 11.7. The number of hydrogen-bond donors (Lipinski definition) is 1. The van der Waals surface area contributed by atoms with Crippen LogP contribution >= 0.6 is 11.6 Å². The van der Waals surface area contributed by atoms with E-state index < -0.39 is 0 Å². The number of benzene rings is 2. The van der Waals surface area contributed by atoms with Gasteiger partial charge in [-0.05, 0) is 49.9 Å². The van der Waals surface area contributed by atoms with Crippen molar-refractivity contribution in [3.63, 3.8) is 0 Å². The summed E-state index contributed by atoms with van der Waals surface area (Å²) in [5, 5.41) is 4.95. The molecule has 3 fully saturated rings. The van der Waals surface area contributed by atoms with Gasteiger partial charge in [-0.1, -0.05) is 11.6 Å². The van der Waals surface area contributed by atoms with Crippen molar-refractivity contribution in [1.82, 2.24) is 29.7 Å². The van der Waals surface area contributed by atoms with Crippen LogP contribution in [0.15, 0.2) is 48.9 Å². The molecule has 5 heterocycles. The first kappa shape index (κ1) is 19.9. The lowest BCUT2D eigenvalue weighted by Gasteiger charge is -2.35. The highest BCUT2D eigenvalue weighted by Gasteiger charge is 2.52. The molecule has 8 rings (SSSR count). The van der Waals surface area contributed by atoms with Crippen LogP contribution in [0.1, 0.15) is 18.7 Å². The van der Waals surface area contributed by atoms with E-state index in [1.54, 1.807) is 6.20 Å². The van der Waals surface area contributed by atoms with Gasteiger partial charge in [0.15, 0.2) is 0 Å². The van der Waals surface area contributed by atoms with Crippen molar-refractivity contribution in [3.05, 3.63) is 59.8 Å². The lowest BCUT2D eigenvalue weighted by molar-refractivity contribution is -0.0163. The molecule has 1 N–H and O–H groups in total. The Labute approximate surface area is 199 Å². The SMILES string of the molecule is Cc1nc2ccc(Oc3ccc4ncc(-c5cnn(CC67CC(CO6)C7)c5)nc4c3Cl)cc2[nH]1. The fourth-order valence-corrected chi connectivity index (χ4v) is 5.37. The fourth-order valence-electron chi connectivity index (χ4n) is 5.13. The topological polar surface area (TPSA) is 90.7 Å². The number of nitrogens with one attached hydrogen (secondary N) is 1. The molecule has 34 heavy (non-hydrogen) atoms. The van der Waals surface area contributed by atoms with Crippen molar-refractivity contribution in [3.8, 4) is 22.8 Å². The summed E-state index contributed by atoms with van der Waals surface area (Å²) in [5.41, 5.74) is 4.66. The number of ether oxygens (including phenoxy) is 2. The molecule has 0 spiro atoms. The maximum absolute atomic E-state index is 6.73. The number of rotatable bonds is 5. The molecule has 3 aromatic heterocycles. The standard InChI is InChI=1S/C25H21ClN6O2/c1-14-29-18-3-2-17(6-20(18)30-14)34-22-5-4-19-24(23(22)26)31-21(10-27-19)16-9-28-32(11-16)13-25-7-15(8-25)12-33-25/h2-6,9-11,15H,7-8,12-13H2,1H3,(H,29,30). The summed E-state index contributed by atoms with van der Waals surface area (Å²) >= 11 is 6.73. The van der Waals surface area contributed by atoms with Crippen LogP contribution in [0.25, 0.3) is 33.3 Å². The number of imidazole rings is 1. The number of aryl methyl sites for hydroxylation is 1. The lowest BCUT2D eigenvalue weighted by atomic mass is 9.74. The van der Waals surface area contributed by atoms with E-state index in [0.717, 1.165) is 54.3 Å². The molecular weight excluding hydrogens is 452 g/mol. The molecular formula is C25H21ClN6O2. The number of fused-ring (bicyclic) bond motifs is 3. The van der Waals surface area contributed by atoms with Gasteiger partial charge < -0.3 is 14.5 Å². The summed E-state index contributed by atoms with van der Waals surface area (Å²) in [7, 11) is 0. The minimum atomic E-state index is -0.0313. The number of aromatic amines is 1. The van der Waals surface area contributed by atoms with E-state index in [-0.39, 0.29) is 5.60 Å². The summed E-state index contributed by atoms with van der Waals surface area (Å²) in [6, 6.07) is 9.37. The predicted molar refractivity (Wildman–Crippen MR) is 128 cm³/mol. The van der Waals surface area contributed by atoms with Gasteiger partial charge in [-0.3, -0.25) is 9.67 Å². The van der Waals surface area contributed by atoms with Gasteiger partial charge in [0.1, 0.15) is 27.9 Å². The molecule has 2 bridgehead atoms. The van der Waals surface area contributed by atoms with E-state index >= 15 is 0 Å². The van der Waals surface area contributed by atoms with Crippen LogP contribution in [0.3, 0.4) is 0 Å². The summed E-state index contributed by atoms with van der Waals surface area (Å²) in [4.78, 5) is 17.0. The Bertz CT molecular complexity index is 1560. The van der Waals surface area contributed by atoms with Crippen LogP contribution in [-0.2, 0) is 11.3 Å². The lowest BCUT2D eigenvalue weighted by Crippen LogP contribution is -2.40. The second-order valence-electron chi connectivity index (χ2n) is 9.30. The van der Waals surface area contributed by atoms with Gasteiger partial charge >= 0.3 is 0 Å². The van der Waals surface area contributed by atoms with Crippen molar-refractivity contribution in [2.75, 3.05) is 6.61 Å². The zero-order valence-electron chi connectivity index (χ0n) is 18.5. The Balaban J connectivity index is 1.19. The summed E-state index contributed by atoms with van der Waals surface area (Å²) in [5.74, 6) is 2.76. The summed E-state index contributed by atoms with van der Waals surface area (Å²) in [6.45, 7) is 3.57. The predicted octanol–water partition coefficient (Wildman–Crippen LogP) is 5.30. The quantitative estimate of drug-likeness (QED) is 0.373. The van der Waals surface area contributed by atoms with E-state index in [1.807, 2.05) is 54.3 Å². The van der Waals surface area contributed by atoms with Crippen molar-refractivity contribution < 1.29 is 9.47 Å². The minimum Gasteiger partial charge on any atom is -0.456 e. The molecule has 2 aliphatic heterocycles. The van der Waals surface area contributed by atoms with E-state index in [0.29, 0.717) is 33.2 Å². The third-order valence-corrected chi connectivity index (χ3v) is 7.11. The van der Waals surface area contributed by atoms with Crippen molar-refractivity contribution >= 4 is 33.7 Å². The van der Waals surface area contributed by atoms with Crippen LogP contribution in [-0.4, -0.2) is 41.9 Å². The third-order valence-electron chi connectivity index (χ3n) is 6.74. The minimum absolute atomic E-state index is 0.0313. The largest absolute Gasteiger partial charge is 0.456 e. The molecule has 3 aliphatic rings. The second-order valence-corrected chi connectivity index (χ2v) is 9.68. The highest BCUT2D eigenvalue weighted by Crippen LogP contribution is 2.49. The first-order chi connectivity index (χ1) is 16.5. The number of halogens is 1. The first-order valence-electron chi connectivity index (χ1n) is 11.3. The molecule has 9 heteroatoms. The van der Waals surface area contributed by atoms with Crippen molar-refractivity contribution in [2.45, 2.75) is 31.9 Å². The van der Waals surface area contributed by atoms with Crippen LogP contribution in [0.5, 0.6) is 11.5 Å². The molecule has 0 unspecified atom stereocenters. The van der Waals surface area contributed by atoms with Gasteiger partial charge in [0.2, 0.25) is 0 Å². The molecule has 0 amide bonds. The molecule has 0 radical (unpaired) electrons. The van der Waals surface area contributed by atoms with Crippen molar-refractivity contribution in [2.24, 2.45) is 5.92 Å². The summed E-state index contributed by atoms with van der Waals surface area (Å²) in [6.07, 6.45) is 7.81. The monoisotopic (exact) mass is 472 g/mol. The third kappa shape index (κ3) is 3.25. The van der Waals surface area contributed by atoms with Gasteiger partial charge in [0.25, 0.3) is 0 Å². The van der Waals surface area contributed by atoms with Crippen LogP contribution in [0.4, 0.5) is 0 Å². The average molecular weight is 473 g/mol.